The number of aromatic nitrogens is 1. The van der Waals surface area contributed by atoms with Gasteiger partial charge in [-0.05, 0) is 44.0 Å². The molecule has 0 bridgehead atoms. The predicted octanol–water partition coefficient (Wildman–Crippen LogP) is 2.61. The number of hydrogen-bond donors (Lipinski definition) is 1. The molecule has 1 aromatic carbocycles. The molecule has 2 N–H and O–H groups in total. The van der Waals surface area contributed by atoms with E-state index in [1.165, 1.54) is 0 Å². The van der Waals surface area contributed by atoms with Crippen molar-refractivity contribution in [1.29, 1.82) is 0 Å². The monoisotopic (exact) mass is 325 g/mol. The highest BCUT2D eigenvalue weighted by molar-refractivity contribution is 5.94. The molecule has 2 aromatic rings. The van der Waals surface area contributed by atoms with Gasteiger partial charge in [-0.1, -0.05) is 12.1 Å². The summed E-state index contributed by atoms with van der Waals surface area (Å²) in [4.78, 5) is 18.7. The van der Waals surface area contributed by atoms with Gasteiger partial charge in [-0.3, -0.25) is 9.78 Å². The summed E-state index contributed by atoms with van der Waals surface area (Å²) in [6, 6.07) is 11.6. The smallest absolute Gasteiger partial charge is 0.254 e. The number of carbonyl (C=O) groups excluding carboxylic acids is 1. The number of likely N-dealkylation sites (tertiary alicyclic amines) is 1. The molecular formula is C19H23N3O2. The molecule has 1 saturated heterocycles. The van der Waals surface area contributed by atoms with Gasteiger partial charge < -0.3 is 15.4 Å². The Morgan fingerprint density at radius 3 is 3.00 bits per heavy atom. The Morgan fingerprint density at radius 2 is 2.25 bits per heavy atom. The highest BCUT2D eigenvalue weighted by Gasteiger charge is 2.27. The Labute approximate surface area is 142 Å². The first-order valence-corrected chi connectivity index (χ1v) is 8.32. The first kappa shape index (κ1) is 16.5. The van der Waals surface area contributed by atoms with E-state index in [2.05, 4.69) is 11.9 Å². The summed E-state index contributed by atoms with van der Waals surface area (Å²) in [6.07, 6.45) is 5.21. The summed E-state index contributed by atoms with van der Waals surface area (Å²) in [7, 11) is 0. The van der Waals surface area contributed by atoms with E-state index < -0.39 is 0 Å². The second-order valence-corrected chi connectivity index (χ2v) is 6.31. The molecule has 1 aliphatic heterocycles. The summed E-state index contributed by atoms with van der Waals surface area (Å²) in [6.45, 7) is 3.20. The number of pyridine rings is 1. The van der Waals surface area contributed by atoms with E-state index in [4.69, 9.17) is 10.5 Å². The molecule has 3 rings (SSSR count). The molecule has 1 fully saturated rings. The Hall–Kier alpha value is -2.40. The Bertz CT molecular complexity index is 690. The van der Waals surface area contributed by atoms with Crippen LogP contribution in [0.25, 0.3) is 0 Å². The average Bonchev–Trinajstić information content (AvgIpc) is 2.61. The molecule has 24 heavy (non-hydrogen) atoms. The largest absolute Gasteiger partial charge is 0.489 e. The fraction of sp³-hybridized carbons (Fsp3) is 0.368. The second-order valence-electron chi connectivity index (χ2n) is 6.31. The van der Waals surface area contributed by atoms with Crippen LogP contribution in [-0.4, -0.2) is 34.4 Å². The quantitative estimate of drug-likeness (QED) is 0.938. The lowest BCUT2D eigenvalue weighted by atomic mass is 9.98. The lowest BCUT2D eigenvalue weighted by Gasteiger charge is -2.36. The van der Waals surface area contributed by atoms with Gasteiger partial charge in [0.25, 0.3) is 5.91 Å². The molecule has 2 atom stereocenters. The van der Waals surface area contributed by atoms with Crippen molar-refractivity contribution < 1.29 is 9.53 Å². The van der Waals surface area contributed by atoms with E-state index in [1.54, 1.807) is 18.5 Å². The number of hydrogen-bond acceptors (Lipinski definition) is 4. The maximum Gasteiger partial charge on any atom is 0.254 e. The highest BCUT2D eigenvalue weighted by atomic mass is 16.5. The van der Waals surface area contributed by atoms with Crippen LogP contribution >= 0.6 is 0 Å². The van der Waals surface area contributed by atoms with Crippen molar-refractivity contribution in [2.24, 2.45) is 5.73 Å². The maximum atomic E-state index is 12.8. The van der Waals surface area contributed by atoms with Crippen LogP contribution in [0.1, 0.15) is 35.7 Å². The number of nitrogens with two attached hydrogens (primary N) is 1. The van der Waals surface area contributed by atoms with Gasteiger partial charge in [-0.25, -0.2) is 0 Å². The molecule has 1 amide bonds. The standard InChI is InChI=1S/C19H23N3O2/c1-14-10-17(20)7-9-22(14)19(23)16-5-2-6-18(11-16)24-13-15-4-3-8-21-12-15/h2-6,8,11-12,14,17H,7,9-10,13,20H2,1H3/t14-,17-/m1/s1. The van der Waals surface area contributed by atoms with E-state index in [0.29, 0.717) is 24.5 Å². The first-order valence-electron chi connectivity index (χ1n) is 8.32. The normalized spacial score (nSPS) is 20.7. The summed E-state index contributed by atoms with van der Waals surface area (Å²) >= 11 is 0. The lowest BCUT2D eigenvalue weighted by Crippen LogP contribution is -2.48. The highest BCUT2D eigenvalue weighted by Crippen LogP contribution is 2.21. The van der Waals surface area contributed by atoms with Crippen LogP contribution in [0.15, 0.2) is 48.8 Å². The minimum absolute atomic E-state index is 0.0428. The summed E-state index contributed by atoms with van der Waals surface area (Å²) in [5, 5.41) is 0. The Balaban J connectivity index is 1.67. The van der Waals surface area contributed by atoms with Crippen molar-refractivity contribution in [3.8, 4) is 5.75 Å². The van der Waals surface area contributed by atoms with Crippen molar-refractivity contribution in [3.63, 3.8) is 0 Å². The number of nitrogens with zero attached hydrogens (tertiary/aromatic N) is 2. The van der Waals surface area contributed by atoms with Crippen LogP contribution in [0.4, 0.5) is 0 Å². The van der Waals surface area contributed by atoms with Gasteiger partial charge in [-0.15, -0.1) is 0 Å². The molecule has 0 saturated carbocycles. The molecule has 5 nitrogen and oxygen atoms in total. The second kappa shape index (κ2) is 7.45. The van der Waals surface area contributed by atoms with Crippen molar-refractivity contribution in [2.75, 3.05) is 6.54 Å². The van der Waals surface area contributed by atoms with Crippen LogP contribution in [-0.2, 0) is 6.61 Å². The molecule has 0 spiro atoms. The van der Waals surface area contributed by atoms with Crippen LogP contribution in [0.3, 0.4) is 0 Å². The molecule has 126 valence electrons. The Morgan fingerprint density at radius 1 is 1.38 bits per heavy atom. The minimum atomic E-state index is 0.0428. The number of piperidine rings is 1. The third-order valence-electron chi connectivity index (χ3n) is 4.39. The minimum Gasteiger partial charge on any atom is -0.489 e. The SMILES string of the molecule is C[C@@H]1C[C@H](N)CCN1C(=O)c1cccc(OCc2cccnc2)c1. The molecule has 1 aliphatic rings. The van der Waals surface area contributed by atoms with Gasteiger partial charge in [0.15, 0.2) is 0 Å². The zero-order chi connectivity index (χ0) is 16.9. The van der Waals surface area contributed by atoms with E-state index >= 15 is 0 Å². The number of carbonyl (C=O) groups is 1. The predicted molar refractivity (Wildman–Crippen MR) is 92.7 cm³/mol. The third kappa shape index (κ3) is 3.92. The van der Waals surface area contributed by atoms with Crippen LogP contribution in [0.5, 0.6) is 5.75 Å². The van der Waals surface area contributed by atoms with Gasteiger partial charge in [0, 0.05) is 42.1 Å². The molecule has 2 heterocycles. The molecular weight excluding hydrogens is 302 g/mol. The maximum absolute atomic E-state index is 12.8. The summed E-state index contributed by atoms with van der Waals surface area (Å²) < 4.78 is 5.78. The van der Waals surface area contributed by atoms with Gasteiger partial charge in [-0.2, -0.15) is 0 Å². The topological polar surface area (TPSA) is 68.5 Å². The molecule has 0 aliphatic carbocycles. The fourth-order valence-corrected chi connectivity index (χ4v) is 3.05. The zero-order valence-corrected chi connectivity index (χ0v) is 13.9. The van der Waals surface area contributed by atoms with E-state index in [9.17, 15) is 4.79 Å². The van der Waals surface area contributed by atoms with E-state index in [-0.39, 0.29) is 18.0 Å². The van der Waals surface area contributed by atoms with Crippen LogP contribution in [0.2, 0.25) is 0 Å². The van der Waals surface area contributed by atoms with Crippen molar-refractivity contribution in [2.45, 2.75) is 38.5 Å². The number of ether oxygens (including phenoxy) is 1. The average molecular weight is 325 g/mol. The number of benzene rings is 1. The Kier molecular flexibility index (Phi) is 5.11. The lowest BCUT2D eigenvalue weighted by molar-refractivity contribution is 0.0618. The van der Waals surface area contributed by atoms with Gasteiger partial charge in [0.05, 0.1) is 0 Å². The summed E-state index contributed by atoms with van der Waals surface area (Å²) in [5.74, 6) is 0.729. The van der Waals surface area contributed by atoms with Crippen molar-refractivity contribution in [3.05, 3.63) is 59.9 Å². The third-order valence-corrected chi connectivity index (χ3v) is 4.39. The molecule has 0 unspecified atom stereocenters. The molecule has 1 aromatic heterocycles. The van der Waals surface area contributed by atoms with Gasteiger partial charge >= 0.3 is 0 Å². The molecule has 0 radical (unpaired) electrons. The van der Waals surface area contributed by atoms with Crippen LogP contribution < -0.4 is 10.5 Å². The van der Waals surface area contributed by atoms with E-state index in [0.717, 1.165) is 18.4 Å². The number of rotatable bonds is 4. The van der Waals surface area contributed by atoms with E-state index in [1.807, 2.05) is 35.2 Å². The zero-order valence-electron chi connectivity index (χ0n) is 13.9. The van der Waals surface area contributed by atoms with Crippen molar-refractivity contribution >= 4 is 5.91 Å². The first-order chi connectivity index (χ1) is 11.6. The van der Waals surface area contributed by atoms with Crippen molar-refractivity contribution in [1.82, 2.24) is 9.88 Å². The van der Waals surface area contributed by atoms with Gasteiger partial charge in [0.1, 0.15) is 12.4 Å². The summed E-state index contributed by atoms with van der Waals surface area (Å²) in [5.41, 5.74) is 7.63. The van der Waals surface area contributed by atoms with Gasteiger partial charge in [0.2, 0.25) is 0 Å². The fourth-order valence-electron chi connectivity index (χ4n) is 3.05. The van der Waals surface area contributed by atoms with Crippen LogP contribution in [0, 0.1) is 0 Å². The number of amides is 1. The molecule has 5 heteroatoms.